The molecule has 0 fully saturated rings. The van der Waals surface area contributed by atoms with Crippen molar-refractivity contribution in [3.8, 4) is 11.1 Å². The van der Waals surface area contributed by atoms with Gasteiger partial charge in [-0.05, 0) is 29.2 Å². The van der Waals surface area contributed by atoms with E-state index in [1.165, 1.54) is 27.7 Å². The smallest absolute Gasteiger partial charge is 0.0468 e. The Hall–Kier alpha value is -1.76. The third-order valence-electron chi connectivity index (χ3n) is 3.15. The largest absolute Gasteiger partial charge is 0.355 e. The Kier molecular flexibility index (Phi) is 2.00. The summed E-state index contributed by atoms with van der Waals surface area (Å²) in [5, 5.41) is 0. The number of rotatable bonds is 2. The maximum Gasteiger partial charge on any atom is 0.0468 e. The summed E-state index contributed by atoms with van der Waals surface area (Å²) in [4.78, 5) is 3.46. The topological polar surface area (TPSA) is 15.8 Å². The van der Waals surface area contributed by atoms with E-state index in [9.17, 15) is 0 Å². The van der Waals surface area contributed by atoms with Crippen LogP contribution in [0.25, 0.3) is 22.2 Å². The molecule has 0 unspecified atom stereocenters. The highest BCUT2D eigenvalue weighted by Gasteiger charge is 2.17. The van der Waals surface area contributed by atoms with Gasteiger partial charge in [0.2, 0.25) is 0 Å². The van der Waals surface area contributed by atoms with Gasteiger partial charge in [0, 0.05) is 16.6 Å². The van der Waals surface area contributed by atoms with Gasteiger partial charge in [-0.25, -0.2) is 0 Å². The Morgan fingerprint density at radius 2 is 1.56 bits per heavy atom. The summed E-state index contributed by atoms with van der Waals surface area (Å²) in [6.45, 7) is 4.50. The van der Waals surface area contributed by atoms with Gasteiger partial charge in [-0.15, -0.1) is 0 Å². The standard InChI is InChI=1S/C15H15N/c1-10(2)14-12-8-9-13(16-12)15(14)11-6-4-3-5-7-11/h3-10,16H,1-2H3. The molecular weight excluding hydrogens is 194 g/mol. The maximum atomic E-state index is 3.46. The molecule has 0 amide bonds. The van der Waals surface area contributed by atoms with Gasteiger partial charge in [0.05, 0.1) is 0 Å². The van der Waals surface area contributed by atoms with Crippen LogP contribution in [0.4, 0.5) is 0 Å². The number of hydrogen-bond acceptors (Lipinski definition) is 0. The van der Waals surface area contributed by atoms with E-state index in [1.54, 1.807) is 0 Å². The van der Waals surface area contributed by atoms with Crippen molar-refractivity contribution in [3.63, 3.8) is 0 Å². The molecule has 0 saturated carbocycles. The summed E-state index contributed by atoms with van der Waals surface area (Å²) in [5.74, 6) is 0.556. The third-order valence-corrected chi connectivity index (χ3v) is 3.15. The molecule has 0 aliphatic rings. The molecule has 16 heavy (non-hydrogen) atoms. The first-order chi connectivity index (χ1) is 7.77. The van der Waals surface area contributed by atoms with Crippen LogP contribution in [-0.2, 0) is 0 Å². The van der Waals surface area contributed by atoms with E-state index in [1.807, 2.05) is 0 Å². The zero-order chi connectivity index (χ0) is 11.1. The average molecular weight is 209 g/mol. The zero-order valence-corrected chi connectivity index (χ0v) is 9.62. The predicted octanol–water partition coefficient (Wildman–Crippen LogP) is 4.40. The van der Waals surface area contributed by atoms with Crippen molar-refractivity contribution in [2.75, 3.05) is 0 Å². The lowest BCUT2D eigenvalue weighted by Crippen LogP contribution is -1.90. The minimum Gasteiger partial charge on any atom is -0.355 e. The van der Waals surface area contributed by atoms with Crippen molar-refractivity contribution in [2.45, 2.75) is 19.8 Å². The highest BCUT2D eigenvalue weighted by Crippen LogP contribution is 2.38. The Labute approximate surface area is 95.5 Å². The van der Waals surface area contributed by atoms with Crippen LogP contribution in [0.3, 0.4) is 0 Å². The molecule has 1 heteroatoms. The van der Waals surface area contributed by atoms with Crippen LogP contribution in [0.15, 0.2) is 42.5 Å². The Morgan fingerprint density at radius 1 is 0.875 bits per heavy atom. The van der Waals surface area contributed by atoms with Gasteiger partial charge in [0.15, 0.2) is 0 Å². The van der Waals surface area contributed by atoms with Crippen LogP contribution in [0, 0.1) is 0 Å². The quantitative estimate of drug-likeness (QED) is 0.644. The van der Waals surface area contributed by atoms with Crippen molar-refractivity contribution < 1.29 is 0 Å². The van der Waals surface area contributed by atoms with Crippen molar-refractivity contribution in [3.05, 3.63) is 48.0 Å². The summed E-state index contributed by atoms with van der Waals surface area (Å²) in [7, 11) is 0. The average Bonchev–Trinajstić information content (AvgIpc) is 2.89. The second-order valence-electron chi connectivity index (χ2n) is 4.60. The summed E-state index contributed by atoms with van der Waals surface area (Å²) in [6.07, 6.45) is 0. The van der Waals surface area contributed by atoms with Crippen LogP contribution in [0.2, 0.25) is 0 Å². The summed E-state index contributed by atoms with van der Waals surface area (Å²) >= 11 is 0. The first-order valence-electron chi connectivity index (χ1n) is 5.76. The van der Waals surface area contributed by atoms with E-state index < -0.39 is 0 Å². The minimum absolute atomic E-state index is 0.556. The van der Waals surface area contributed by atoms with E-state index in [0.29, 0.717) is 5.92 Å². The minimum atomic E-state index is 0.556. The summed E-state index contributed by atoms with van der Waals surface area (Å²) < 4.78 is 0. The molecule has 0 saturated heterocycles. The number of nitrogens with one attached hydrogen (secondary N) is 1. The number of aromatic amines is 1. The fraction of sp³-hybridized carbons (Fsp3) is 0.200. The van der Waals surface area contributed by atoms with E-state index in [4.69, 9.17) is 0 Å². The molecule has 2 aromatic heterocycles. The molecule has 0 aliphatic heterocycles. The molecule has 0 aliphatic carbocycles. The molecule has 2 heterocycles. The lowest BCUT2D eigenvalue weighted by atomic mass is 9.93. The number of hydrogen-bond donors (Lipinski definition) is 1. The van der Waals surface area contributed by atoms with Crippen molar-refractivity contribution >= 4 is 11.0 Å². The van der Waals surface area contributed by atoms with Crippen LogP contribution in [0.5, 0.6) is 0 Å². The van der Waals surface area contributed by atoms with Crippen LogP contribution in [0.1, 0.15) is 25.3 Å². The maximum absolute atomic E-state index is 3.46. The molecule has 2 bridgehead atoms. The fourth-order valence-electron chi connectivity index (χ4n) is 2.49. The lowest BCUT2D eigenvalue weighted by molar-refractivity contribution is 0.879. The molecule has 1 N–H and O–H groups in total. The Balaban J connectivity index is 2.29. The second-order valence-corrected chi connectivity index (χ2v) is 4.60. The first-order valence-corrected chi connectivity index (χ1v) is 5.76. The Morgan fingerprint density at radius 3 is 2.25 bits per heavy atom. The van der Waals surface area contributed by atoms with Gasteiger partial charge < -0.3 is 4.98 Å². The molecule has 3 aromatic rings. The number of H-pyrrole nitrogens is 1. The van der Waals surface area contributed by atoms with Crippen molar-refractivity contribution in [2.24, 2.45) is 0 Å². The van der Waals surface area contributed by atoms with E-state index in [0.717, 1.165) is 0 Å². The van der Waals surface area contributed by atoms with Gasteiger partial charge in [0.25, 0.3) is 0 Å². The molecule has 80 valence electrons. The van der Waals surface area contributed by atoms with E-state index >= 15 is 0 Å². The van der Waals surface area contributed by atoms with Crippen molar-refractivity contribution in [1.82, 2.24) is 4.98 Å². The monoisotopic (exact) mass is 209 g/mol. The first kappa shape index (κ1) is 9.46. The third kappa shape index (κ3) is 1.25. The molecule has 1 aromatic carbocycles. The van der Waals surface area contributed by atoms with E-state index in [-0.39, 0.29) is 0 Å². The number of aromatic nitrogens is 1. The van der Waals surface area contributed by atoms with Gasteiger partial charge in [-0.2, -0.15) is 0 Å². The summed E-state index contributed by atoms with van der Waals surface area (Å²) in [5.41, 5.74) is 6.68. The van der Waals surface area contributed by atoms with Crippen LogP contribution in [-0.4, -0.2) is 4.98 Å². The second kappa shape index (κ2) is 3.38. The molecule has 0 radical (unpaired) electrons. The SMILES string of the molecule is CC(C)c1c(-c2ccccc2)c2ccc1[nH]2. The molecular formula is C15H15N. The predicted molar refractivity (Wildman–Crippen MR) is 69.0 cm³/mol. The van der Waals surface area contributed by atoms with Crippen molar-refractivity contribution in [1.29, 1.82) is 0 Å². The van der Waals surface area contributed by atoms with Gasteiger partial charge >= 0.3 is 0 Å². The normalized spacial score (nSPS) is 11.7. The lowest BCUT2D eigenvalue weighted by Gasteiger charge is -2.10. The fourth-order valence-corrected chi connectivity index (χ4v) is 2.49. The van der Waals surface area contributed by atoms with Gasteiger partial charge in [-0.1, -0.05) is 44.2 Å². The van der Waals surface area contributed by atoms with Crippen LogP contribution >= 0.6 is 0 Å². The highest BCUT2D eigenvalue weighted by molar-refractivity contribution is 5.93. The molecule has 0 atom stereocenters. The molecule has 1 nitrogen and oxygen atoms in total. The van der Waals surface area contributed by atoms with Crippen LogP contribution < -0.4 is 0 Å². The number of fused-ring (bicyclic) bond motifs is 2. The molecule has 3 rings (SSSR count). The van der Waals surface area contributed by atoms with Gasteiger partial charge in [0.1, 0.15) is 0 Å². The number of benzene rings is 2. The van der Waals surface area contributed by atoms with E-state index in [2.05, 4.69) is 61.3 Å². The zero-order valence-electron chi connectivity index (χ0n) is 9.62. The Bertz CT molecular complexity index is 590. The highest BCUT2D eigenvalue weighted by atomic mass is 14.7. The van der Waals surface area contributed by atoms with Gasteiger partial charge in [-0.3, -0.25) is 0 Å². The molecule has 0 spiro atoms. The summed E-state index contributed by atoms with van der Waals surface area (Å²) in [6, 6.07) is 15.0.